The lowest BCUT2D eigenvalue weighted by atomic mass is 10.1. The maximum absolute atomic E-state index is 12.6. The van der Waals surface area contributed by atoms with Crippen LogP contribution in [0.2, 0.25) is 0 Å². The van der Waals surface area contributed by atoms with Gasteiger partial charge in [-0.25, -0.2) is 19.6 Å². The van der Waals surface area contributed by atoms with Crippen LogP contribution in [0.4, 0.5) is 0 Å². The van der Waals surface area contributed by atoms with Crippen LogP contribution in [0.1, 0.15) is 16.2 Å². The molecule has 11 nitrogen and oxygen atoms in total. The Morgan fingerprint density at radius 1 is 1.13 bits per heavy atom. The van der Waals surface area contributed by atoms with Crippen molar-refractivity contribution in [1.82, 2.24) is 34.5 Å². The second kappa shape index (κ2) is 7.06. The molecule has 0 aliphatic carbocycles. The number of carbonyl (C=O) groups is 1. The van der Waals surface area contributed by atoms with E-state index in [9.17, 15) is 14.4 Å². The number of fused-ring (bicyclic) bond motifs is 2. The van der Waals surface area contributed by atoms with Crippen LogP contribution in [0.15, 0.2) is 58.5 Å². The summed E-state index contributed by atoms with van der Waals surface area (Å²) in [5.74, 6) is -0.309. The molecule has 0 atom stereocenters. The Kier molecular flexibility index (Phi) is 4.21. The predicted molar refractivity (Wildman–Crippen MR) is 109 cm³/mol. The SMILES string of the molecule is COC(=O)c1cn(Cc2nc3c(cnn3-c3ccccc3)c(=O)[nH]2)cc2c(=O)[nH]nc1-2. The molecule has 2 aliphatic rings. The number of esters is 1. The number of benzene rings is 1. The molecule has 0 bridgehead atoms. The normalized spacial score (nSPS) is 11.3. The topological polar surface area (TPSA) is 141 Å². The van der Waals surface area contributed by atoms with Crippen molar-refractivity contribution in [2.75, 3.05) is 7.11 Å². The number of pyridine rings is 1. The van der Waals surface area contributed by atoms with E-state index in [0.717, 1.165) is 5.69 Å². The maximum Gasteiger partial charge on any atom is 0.341 e. The minimum Gasteiger partial charge on any atom is -0.465 e. The van der Waals surface area contributed by atoms with E-state index in [1.165, 1.54) is 25.7 Å². The lowest BCUT2D eigenvalue weighted by Gasteiger charge is -2.11. The zero-order valence-electron chi connectivity index (χ0n) is 16.2. The predicted octanol–water partition coefficient (Wildman–Crippen LogP) is 0.933. The molecule has 2 aromatic heterocycles. The number of nitrogens with zero attached hydrogens (tertiary/aromatic N) is 5. The highest BCUT2D eigenvalue weighted by Gasteiger charge is 2.22. The second-order valence-electron chi connectivity index (χ2n) is 6.79. The summed E-state index contributed by atoms with van der Waals surface area (Å²) in [6.07, 6.45) is 4.49. The molecule has 1 aromatic carbocycles. The van der Waals surface area contributed by atoms with E-state index in [0.29, 0.717) is 16.9 Å². The third-order valence-electron chi connectivity index (χ3n) is 4.84. The minimum atomic E-state index is -0.634. The Hall–Kier alpha value is -4.54. The van der Waals surface area contributed by atoms with Gasteiger partial charge < -0.3 is 14.3 Å². The van der Waals surface area contributed by atoms with Gasteiger partial charge in [0.25, 0.3) is 11.1 Å². The molecular weight excluding hydrogens is 402 g/mol. The molecule has 0 unspecified atom stereocenters. The van der Waals surface area contributed by atoms with Crippen LogP contribution in [-0.2, 0) is 11.3 Å². The molecule has 2 aliphatic heterocycles. The van der Waals surface area contributed by atoms with Crippen LogP contribution in [0.5, 0.6) is 0 Å². The van der Waals surface area contributed by atoms with Crippen molar-refractivity contribution >= 4 is 17.0 Å². The highest BCUT2D eigenvalue weighted by atomic mass is 16.5. The summed E-state index contributed by atoms with van der Waals surface area (Å²) in [4.78, 5) is 44.1. The van der Waals surface area contributed by atoms with Crippen molar-refractivity contribution < 1.29 is 9.53 Å². The van der Waals surface area contributed by atoms with Gasteiger partial charge in [-0.2, -0.15) is 10.2 Å². The van der Waals surface area contributed by atoms with Gasteiger partial charge in [0, 0.05) is 12.4 Å². The molecule has 0 amide bonds. The number of hydrogen-bond donors (Lipinski definition) is 2. The third-order valence-corrected chi connectivity index (χ3v) is 4.84. The van der Waals surface area contributed by atoms with Crippen LogP contribution in [0.3, 0.4) is 0 Å². The molecule has 154 valence electrons. The number of rotatable bonds is 4. The quantitative estimate of drug-likeness (QED) is 0.415. The Bertz CT molecular complexity index is 1510. The van der Waals surface area contributed by atoms with Gasteiger partial charge in [-0.3, -0.25) is 9.59 Å². The Morgan fingerprint density at radius 3 is 2.71 bits per heavy atom. The van der Waals surface area contributed by atoms with E-state index in [1.54, 1.807) is 9.25 Å². The average Bonchev–Trinajstić information content (AvgIpc) is 3.38. The zero-order valence-corrected chi connectivity index (χ0v) is 16.2. The smallest absolute Gasteiger partial charge is 0.341 e. The van der Waals surface area contributed by atoms with Gasteiger partial charge in [0.1, 0.15) is 22.5 Å². The molecule has 11 heteroatoms. The van der Waals surface area contributed by atoms with Crippen molar-refractivity contribution in [3.63, 3.8) is 0 Å². The third kappa shape index (κ3) is 3.08. The number of carbonyl (C=O) groups excluding carboxylic acids is 1. The average molecular weight is 417 g/mol. The number of aromatic nitrogens is 7. The molecule has 3 aromatic rings. The van der Waals surface area contributed by atoms with Crippen LogP contribution >= 0.6 is 0 Å². The molecule has 0 saturated heterocycles. The summed E-state index contributed by atoms with van der Waals surface area (Å²) < 4.78 is 7.94. The number of ether oxygens (including phenoxy) is 1. The van der Waals surface area contributed by atoms with Gasteiger partial charge in [0.2, 0.25) is 0 Å². The maximum atomic E-state index is 12.6. The number of hydrogen-bond acceptors (Lipinski definition) is 7. The van der Waals surface area contributed by atoms with E-state index >= 15 is 0 Å². The van der Waals surface area contributed by atoms with E-state index in [-0.39, 0.29) is 28.9 Å². The van der Waals surface area contributed by atoms with E-state index < -0.39 is 11.5 Å². The van der Waals surface area contributed by atoms with E-state index in [1.807, 2.05) is 30.3 Å². The number of methoxy groups -OCH3 is 1. The van der Waals surface area contributed by atoms with Gasteiger partial charge in [-0.1, -0.05) is 18.2 Å². The summed E-state index contributed by atoms with van der Waals surface area (Å²) in [5, 5.41) is 10.9. The van der Waals surface area contributed by atoms with Gasteiger partial charge in [0.15, 0.2) is 5.65 Å². The van der Waals surface area contributed by atoms with Gasteiger partial charge >= 0.3 is 5.97 Å². The second-order valence-corrected chi connectivity index (χ2v) is 6.79. The van der Waals surface area contributed by atoms with E-state index in [2.05, 4.69) is 25.3 Å². The van der Waals surface area contributed by atoms with Crippen LogP contribution < -0.4 is 11.1 Å². The summed E-state index contributed by atoms with van der Waals surface area (Å²) in [6, 6.07) is 9.32. The first kappa shape index (κ1) is 18.5. The first-order chi connectivity index (χ1) is 15.0. The van der Waals surface area contributed by atoms with Crippen LogP contribution in [0.25, 0.3) is 28.0 Å². The zero-order chi connectivity index (χ0) is 21.5. The fourth-order valence-corrected chi connectivity index (χ4v) is 3.41. The summed E-state index contributed by atoms with van der Waals surface area (Å²) in [6.45, 7) is 0.0930. The highest BCUT2D eigenvalue weighted by Crippen LogP contribution is 2.21. The number of aromatic amines is 2. The molecule has 0 spiro atoms. The lowest BCUT2D eigenvalue weighted by molar-refractivity contribution is 0.0600. The fraction of sp³-hybridized carbons (Fsp3) is 0.100. The fourth-order valence-electron chi connectivity index (χ4n) is 3.41. The monoisotopic (exact) mass is 417 g/mol. The van der Waals surface area contributed by atoms with Crippen LogP contribution in [-0.4, -0.2) is 47.6 Å². The summed E-state index contributed by atoms with van der Waals surface area (Å²) >= 11 is 0. The van der Waals surface area contributed by atoms with Crippen molar-refractivity contribution in [3.05, 3.63) is 81.0 Å². The first-order valence-electron chi connectivity index (χ1n) is 9.24. The van der Waals surface area contributed by atoms with Crippen molar-refractivity contribution in [2.24, 2.45) is 0 Å². The Balaban J connectivity index is 1.63. The van der Waals surface area contributed by atoms with Gasteiger partial charge in [-0.05, 0) is 12.1 Å². The largest absolute Gasteiger partial charge is 0.465 e. The number of H-pyrrole nitrogens is 2. The van der Waals surface area contributed by atoms with Gasteiger partial charge in [0.05, 0.1) is 31.1 Å². The van der Waals surface area contributed by atoms with E-state index in [4.69, 9.17) is 4.74 Å². The van der Waals surface area contributed by atoms with Crippen LogP contribution in [0, 0.1) is 0 Å². The minimum absolute atomic E-state index is 0.0930. The first-order valence-corrected chi connectivity index (χ1v) is 9.24. The Labute approximate surface area is 173 Å². The van der Waals surface area contributed by atoms with Crippen molar-refractivity contribution in [2.45, 2.75) is 6.54 Å². The highest BCUT2D eigenvalue weighted by molar-refractivity contribution is 5.95. The molecule has 31 heavy (non-hydrogen) atoms. The lowest BCUT2D eigenvalue weighted by Crippen LogP contribution is -2.17. The standard InChI is InChI=1S/C20H15N7O4/c1-31-20(30)14-9-26(8-13-16(14)24-25-19(13)29)10-15-22-17-12(18(28)23-15)7-21-27(17)11-5-3-2-4-6-11/h2-9H,10H2,1H3,(H,25,29)(H,22,23,28). The molecule has 2 N–H and O–H groups in total. The molecule has 0 saturated carbocycles. The number of nitrogens with one attached hydrogen (secondary N) is 2. The molecular formula is C20H15N7O4. The summed E-state index contributed by atoms with van der Waals surface area (Å²) in [7, 11) is 1.24. The number of para-hydroxylation sites is 1. The van der Waals surface area contributed by atoms with Crippen molar-refractivity contribution in [1.29, 1.82) is 0 Å². The van der Waals surface area contributed by atoms with Crippen molar-refractivity contribution in [3.8, 4) is 16.9 Å². The molecule has 0 radical (unpaired) electrons. The molecule has 5 rings (SSSR count). The summed E-state index contributed by atoms with van der Waals surface area (Å²) in [5.41, 5.74) is 0.938. The molecule has 4 heterocycles. The van der Waals surface area contributed by atoms with Gasteiger partial charge in [-0.15, -0.1) is 0 Å². The Morgan fingerprint density at radius 2 is 1.94 bits per heavy atom. The molecule has 0 fully saturated rings.